The van der Waals surface area contributed by atoms with Crippen molar-refractivity contribution in [1.29, 1.82) is 0 Å². The highest BCUT2D eigenvalue weighted by Gasteiger charge is 2.38. The average Bonchev–Trinajstić information content (AvgIpc) is 2.65. The Labute approximate surface area is 121 Å². The van der Waals surface area contributed by atoms with Crippen LogP contribution in [-0.4, -0.2) is 31.3 Å². The predicted molar refractivity (Wildman–Crippen MR) is 76.3 cm³/mol. The van der Waals surface area contributed by atoms with E-state index in [2.05, 4.69) is 12.2 Å². The van der Waals surface area contributed by atoms with E-state index in [1.807, 2.05) is 0 Å². The van der Waals surface area contributed by atoms with Gasteiger partial charge in [-0.05, 0) is 25.1 Å². The maximum absolute atomic E-state index is 12.0. The van der Waals surface area contributed by atoms with Crippen LogP contribution in [0.1, 0.15) is 23.7 Å². The molecule has 0 aromatic heterocycles. The third-order valence-corrected chi connectivity index (χ3v) is 3.57. The van der Waals surface area contributed by atoms with E-state index >= 15 is 0 Å². The van der Waals surface area contributed by atoms with Crippen molar-refractivity contribution in [1.82, 2.24) is 5.32 Å². The fourth-order valence-electron chi connectivity index (χ4n) is 2.06. The van der Waals surface area contributed by atoms with Crippen LogP contribution in [0.5, 0.6) is 0 Å². The third kappa shape index (κ3) is 2.61. The molecule has 6 heteroatoms. The number of fused-ring (bicyclic) bond motifs is 1. The molecule has 0 radical (unpaired) electrons. The third-order valence-electron chi connectivity index (χ3n) is 2.95. The highest BCUT2D eigenvalue weighted by molar-refractivity contribution is 6.56. The van der Waals surface area contributed by atoms with E-state index in [0.717, 1.165) is 13.0 Å². The van der Waals surface area contributed by atoms with Gasteiger partial charge in [-0.15, -0.1) is 0 Å². The normalized spacial score (nSPS) is 14.2. The van der Waals surface area contributed by atoms with Crippen molar-refractivity contribution in [2.45, 2.75) is 13.3 Å². The molecule has 0 aliphatic carbocycles. The Morgan fingerprint density at radius 3 is 2.53 bits per heavy atom. The summed E-state index contributed by atoms with van der Waals surface area (Å²) in [6, 6.07) is 3.13. The zero-order valence-electron chi connectivity index (χ0n) is 10.5. The van der Waals surface area contributed by atoms with E-state index < -0.39 is 11.7 Å². The Morgan fingerprint density at radius 1 is 1.16 bits per heavy atom. The van der Waals surface area contributed by atoms with Gasteiger partial charge in [0.25, 0.3) is 11.7 Å². The minimum absolute atomic E-state index is 0.217. The Balaban J connectivity index is 2.26. The number of nitrogens with zero attached hydrogens (tertiary/aromatic N) is 1. The lowest BCUT2D eigenvalue weighted by molar-refractivity contribution is -0.114. The fraction of sp³-hybridized carbons (Fsp3) is 0.385. The van der Waals surface area contributed by atoms with E-state index in [4.69, 9.17) is 23.2 Å². The number of benzene rings is 1. The molecule has 0 bridgehead atoms. The van der Waals surface area contributed by atoms with Gasteiger partial charge in [-0.1, -0.05) is 30.1 Å². The Morgan fingerprint density at radius 2 is 1.84 bits per heavy atom. The van der Waals surface area contributed by atoms with Crippen molar-refractivity contribution >= 4 is 40.6 Å². The van der Waals surface area contributed by atoms with Gasteiger partial charge >= 0.3 is 0 Å². The molecule has 1 N–H and O–H groups in total. The fourth-order valence-corrected chi connectivity index (χ4v) is 2.56. The first-order valence-electron chi connectivity index (χ1n) is 6.12. The van der Waals surface area contributed by atoms with Gasteiger partial charge in [-0.3, -0.25) is 9.59 Å². The van der Waals surface area contributed by atoms with E-state index in [-0.39, 0.29) is 10.6 Å². The molecule has 0 saturated heterocycles. The molecule has 0 spiro atoms. The number of hydrogen-bond donors (Lipinski definition) is 1. The number of rotatable bonds is 5. The van der Waals surface area contributed by atoms with Crippen molar-refractivity contribution in [2.24, 2.45) is 0 Å². The number of Topliss-reactive ketones (excluding diaryl/α,β-unsaturated/α-hetero) is 1. The first-order valence-corrected chi connectivity index (χ1v) is 6.88. The smallest absolute Gasteiger partial charge is 0.299 e. The number of carbonyl (C=O) groups excluding carboxylic acids is 2. The zero-order valence-corrected chi connectivity index (χ0v) is 12.0. The van der Waals surface area contributed by atoms with Gasteiger partial charge in [0.1, 0.15) is 0 Å². The molecule has 1 aromatic carbocycles. The molecular formula is C13H14Cl2N2O2. The van der Waals surface area contributed by atoms with Crippen molar-refractivity contribution < 1.29 is 9.59 Å². The summed E-state index contributed by atoms with van der Waals surface area (Å²) in [7, 11) is 0. The first kappa shape index (κ1) is 14.3. The largest absolute Gasteiger partial charge is 0.315 e. The van der Waals surface area contributed by atoms with Crippen molar-refractivity contribution in [3.05, 3.63) is 27.7 Å². The van der Waals surface area contributed by atoms with Crippen molar-refractivity contribution in [2.75, 3.05) is 24.5 Å². The second-order valence-electron chi connectivity index (χ2n) is 4.29. The minimum atomic E-state index is -0.585. The van der Waals surface area contributed by atoms with Gasteiger partial charge in [-0.25, -0.2) is 0 Å². The Bertz CT molecular complexity index is 532. The molecule has 1 amide bonds. The minimum Gasteiger partial charge on any atom is -0.315 e. The summed E-state index contributed by atoms with van der Waals surface area (Å²) in [5.74, 6) is -1.15. The highest BCUT2D eigenvalue weighted by Crippen LogP contribution is 2.39. The summed E-state index contributed by atoms with van der Waals surface area (Å²) in [6.07, 6.45) is 1.01. The number of nitrogens with one attached hydrogen (secondary N) is 1. The van der Waals surface area contributed by atoms with Crippen molar-refractivity contribution in [3.8, 4) is 0 Å². The molecule has 102 valence electrons. The molecule has 4 nitrogen and oxygen atoms in total. The van der Waals surface area contributed by atoms with Crippen LogP contribution in [0.4, 0.5) is 5.69 Å². The number of halogens is 2. The summed E-state index contributed by atoms with van der Waals surface area (Å²) in [6.45, 7) is 3.93. The molecule has 0 saturated carbocycles. The number of anilines is 1. The standard InChI is InChI=1S/C13H14Cl2N2O2/c1-2-5-16-6-7-17-11-9(15)4-3-8(14)10(11)12(18)13(17)19/h3-4,16H,2,5-7H2,1H3. The lowest BCUT2D eigenvalue weighted by Gasteiger charge is -2.18. The molecule has 0 atom stereocenters. The lowest BCUT2D eigenvalue weighted by Crippen LogP contribution is -2.36. The van der Waals surface area contributed by atoms with E-state index in [1.54, 1.807) is 6.07 Å². The van der Waals surface area contributed by atoms with Crippen LogP contribution in [0.15, 0.2) is 12.1 Å². The van der Waals surface area contributed by atoms with Gasteiger partial charge in [0, 0.05) is 13.1 Å². The Hall–Kier alpha value is -1.10. The van der Waals surface area contributed by atoms with Crippen LogP contribution in [0.2, 0.25) is 10.0 Å². The second kappa shape index (κ2) is 5.90. The molecule has 1 aliphatic rings. The topological polar surface area (TPSA) is 49.4 Å². The van der Waals surface area contributed by atoms with Gasteiger partial charge in [0.05, 0.1) is 21.3 Å². The van der Waals surface area contributed by atoms with E-state index in [9.17, 15) is 9.59 Å². The molecule has 1 aromatic rings. The van der Waals surface area contributed by atoms with Crippen molar-refractivity contribution in [3.63, 3.8) is 0 Å². The van der Waals surface area contributed by atoms with Crippen LogP contribution in [-0.2, 0) is 4.79 Å². The number of ketones is 1. The van der Waals surface area contributed by atoms with Crippen LogP contribution < -0.4 is 10.2 Å². The zero-order chi connectivity index (χ0) is 14.0. The quantitative estimate of drug-likeness (QED) is 0.671. The first-order chi connectivity index (χ1) is 9.07. The van der Waals surface area contributed by atoms with Gasteiger partial charge < -0.3 is 10.2 Å². The molecule has 1 aliphatic heterocycles. The van der Waals surface area contributed by atoms with Crippen LogP contribution in [0, 0.1) is 0 Å². The van der Waals surface area contributed by atoms with E-state index in [0.29, 0.717) is 23.8 Å². The maximum atomic E-state index is 12.0. The molecule has 1 heterocycles. The second-order valence-corrected chi connectivity index (χ2v) is 5.10. The van der Waals surface area contributed by atoms with Gasteiger partial charge in [-0.2, -0.15) is 0 Å². The molecular weight excluding hydrogens is 287 g/mol. The molecule has 19 heavy (non-hydrogen) atoms. The molecule has 2 rings (SSSR count). The summed E-state index contributed by atoms with van der Waals surface area (Å²) in [5.41, 5.74) is 0.650. The summed E-state index contributed by atoms with van der Waals surface area (Å²) in [5, 5.41) is 3.82. The summed E-state index contributed by atoms with van der Waals surface area (Å²) >= 11 is 12.1. The van der Waals surface area contributed by atoms with Gasteiger partial charge in [0.15, 0.2) is 0 Å². The van der Waals surface area contributed by atoms with Gasteiger partial charge in [0.2, 0.25) is 0 Å². The number of carbonyl (C=O) groups is 2. The lowest BCUT2D eigenvalue weighted by atomic mass is 10.1. The molecule has 0 fully saturated rings. The van der Waals surface area contributed by atoms with Crippen LogP contribution in [0.25, 0.3) is 0 Å². The Kier molecular flexibility index (Phi) is 4.45. The summed E-state index contributed by atoms with van der Waals surface area (Å²) in [4.78, 5) is 25.3. The van der Waals surface area contributed by atoms with E-state index in [1.165, 1.54) is 11.0 Å². The average molecular weight is 301 g/mol. The monoisotopic (exact) mass is 300 g/mol. The van der Waals surface area contributed by atoms with Crippen LogP contribution >= 0.6 is 23.2 Å². The SMILES string of the molecule is CCCNCCN1C(=O)C(=O)c2c(Cl)ccc(Cl)c21. The number of hydrogen-bond acceptors (Lipinski definition) is 3. The van der Waals surface area contributed by atoms with Crippen LogP contribution in [0.3, 0.4) is 0 Å². The predicted octanol–water partition coefficient (Wildman–Crippen LogP) is 2.52. The highest BCUT2D eigenvalue weighted by atomic mass is 35.5. The summed E-state index contributed by atoms with van der Waals surface area (Å²) < 4.78 is 0. The number of amides is 1. The molecule has 0 unspecified atom stereocenters. The maximum Gasteiger partial charge on any atom is 0.299 e.